The number of amides is 1. The van der Waals surface area contributed by atoms with Crippen molar-refractivity contribution in [3.8, 4) is 11.8 Å². The van der Waals surface area contributed by atoms with Gasteiger partial charge in [0.2, 0.25) is 0 Å². The molecular formula is C18H11BrClIN2O4. The second-order valence-corrected chi connectivity index (χ2v) is 7.58. The van der Waals surface area contributed by atoms with Gasteiger partial charge in [0.15, 0.2) is 6.61 Å². The molecule has 0 aliphatic carbocycles. The van der Waals surface area contributed by atoms with Crippen molar-refractivity contribution in [2.24, 2.45) is 0 Å². The molecule has 6 nitrogen and oxygen atoms in total. The van der Waals surface area contributed by atoms with Gasteiger partial charge in [-0.3, -0.25) is 4.79 Å². The van der Waals surface area contributed by atoms with E-state index in [1.54, 1.807) is 36.4 Å². The number of nitrogens with one attached hydrogen (secondary N) is 1. The normalized spacial score (nSPS) is 10.8. The van der Waals surface area contributed by atoms with Gasteiger partial charge >= 0.3 is 5.97 Å². The van der Waals surface area contributed by atoms with Crippen LogP contribution in [0.5, 0.6) is 5.75 Å². The van der Waals surface area contributed by atoms with Crippen LogP contribution in [0.3, 0.4) is 0 Å². The van der Waals surface area contributed by atoms with Gasteiger partial charge in [0.25, 0.3) is 5.91 Å². The standard InChI is InChI=1S/C18H11BrClIN2O4/c19-14-6-10(7-15(21)17(14)27-9-16(24)25)5-11(8-22)18(26)23-13-3-1-12(20)2-4-13/h1-7H,9H2,(H,23,26)(H,24,25)/b11-5-. The van der Waals surface area contributed by atoms with Gasteiger partial charge in [0.05, 0.1) is 8.04 Å². The van der Waals surface area contributed by atoms with Crippen molar-refractivity contribution in [2.45, 2.75) is 0 Å². The van der Waals surface area contributed by atoms with Gasteiger partial charge in [-0.15, -0.1) is 0 Å². The maximum Gasteiger partial charge on any atom is 0.341 e. The topological polar surface area (TPSA) is 99.4 Å². The van der Waals surface area contributed by atoms with E-state index in [0.717, 1.165) is 0 Å². The summed E-state index contributed by atoms with van der Waals surface area (Å²) in [6, 6.07) is 11.7. The monoisotopic (exact) mass is 560 g/mol. The Morgan fingerprint density at radius 3 is 2.56 bits per heavy atom. The number of rotatable bonds is 6. The van der Waals surface area contributed by atoms with Crippen LogP contribution >= 0.6 is 50.1 Å². The van der Waals surface area contributed by atoms with Crippen LogP contribution in [0.25, 0.3) is 6.08 Å². The van der Waals surface area contributed by atoms with Crippen LogP contribution in [0, 0.1) is 14.9 Å². The Bertz CT molecular complexity index is 932. The largest absolute Gasteiger partial charge is 0.480 e. The number of carbonyl (C=O) groups is 2. The number of carboxylic acids is 1. The molecule has 2 aromatic rings. The number of aliphatic carboxylic acids is 1. The van der Waals surface area contributed by atoms with E-state index < -0.39 is 18.5 Å². The third-order valence-corrected chi connectivity index (χ3v) is 4.78. The number of anilines is 1. The SMILES string of the molecule is N#C/C(=C/c1cc(Br)c(OCC(=O)O)c(I)c1)C(=O)Nc1ccc(Cl)cc1. The Morgan fingerprint density at radius 1 is 1.33 bits per heavy atom. The lowest BCUT2D eigenvalue weighted by Gasteiger charge is -2.10. The highest BCUT2D eigenvalue weighted by Gasteiger charge is 2.13. The van der Waals surface area contributed by atoms with Gasteiger partial charge < -0.3 is 15.2 Å². The minimum atomic E-state index is -1.09. The van der Waals surface area contributed by atoms with E-state index in [2.05, 4.69) is 21.2 Å². The molecule has 9 heteroatoms. The van der Waals surface area contributed by atoms with E-state index in [-0.39, 0.29) is 5.57 Å². The Hall–Kier alpha value is -2.09. The average Bonchev–Trinajstić information content (AvgIpc) is 2.60. The quantitative estimate of drug-likeness (QED) is 0.302. The molecule has 1 amide bonds. The zero-order valence-electron chi connectivity index (χ0n) is 13.5. The number of carbonyl (C=O) groups excluding carboxylic acids is 1. The first-order valence-electron chi connectivity index (χ1n) is 7.32. The maximum atomic E-state index is 12.3. The molecule has 0 saturated heterocycles. The van der Waals surface area contributed by atoms with E-state index in [0.29, 0.717) is 30.1 Å². The van der Waals surface area contributed by atoms with Crippen LogP contribution in [-0.2, 0) is 9.59 Å². The lowest BCUT2D eigenvalue weighted by molar-refractivity contribution is -0.139. The van der Waals surface area contributed by atoms with Crippen LogP contribution in [-0.4, -0.2) is 23.6 Å². The summed E-state index contributed by atoms with van der Waals surface area (Å²) in [4.78, 5) is 23.0. The molecule has 0 aromatic heterocycles. The summed E-state index contributed by atoms with van der Waals surface area (Å²) >= 11 is 11.1. The van der Waals surface area contributed by atoms with Gasteiger partial charge in [-0.1, -0.05) is 11.6 Å². The predicted octanol–water partition coefficient (Wildman–Crippen LogP) is 4.72. The van der Waals surface area contributed by atoms with E-state index in [9.17, 15) is 14.9 Å². The molecule has 0 radical (unpaired) electrons. The highest BCUT2D eigenvalue weighted by molar-refractivity contribution is 14.1. The minimum absolute atomic E-state index is 0.0909. The molecule has 0 spiro atoms. The zero-order chi connectivity index (χ0) is 20.0. The van der Waals surface area contributed by atoms with Crippen molar-refractivity contribution in [3.63, 3.8) is 0 Å². The molecule has 0 bridgehead atoms. The molecule has 2 N–H and O–H groups in total. The smallest absolute Gasteiger partial charge is 0.341 e. The molecule has 138 valence electrons. The third-order valence-electron chi connectivity index (χ3n) is 3.14. The summed E-state index contributed by atoms with van der Waals surface area (Å²) < 4.78 is 6.36. The fourth-order valence-corrected chi connectivity index (χ4v) is 3.88. The van der Waals surface area contributed by atoms with Crippen LogP contribution in [0.4, 0.5) is 5.69 Å². The molecule has 2 rings (SSSR count). The third kappa shape index (κ3) is 6.23. The Balaban J connectivity index is 2.23. The summed E-state index contributed by atoms with van der Waals surface area (Å²) in [5.74, 6) is -1.27. The van der Waals surface area contributed by atoms with Crippen LogP contribution in [0.15, 0.2) is 46.4 Å². The minimum Gasteiger partial charge on any atom is -0.480 e. The number of hydrogen-bond donors (Lipinski definition) is 2. The van der Waals surface area contributed by atoms with Crippen LogP contribution in [0.2, 0.25) is 5.02 Å². The molecule has 27 heavy (non-hydrogen) atoms. The highest BCUT2D eigenvalue weighted by atomic mass is 127. The van der Waals surface area contributed by atoms with E-state index in [1.165, 1.54) is 6.08 Å². The highest BCUT2D eigenvalue weighted by Crippen LogP contribution is 2.32. The Labute approximate surface area is 182 Å². The van der Waals surface area contributed by atoms with E-state index >= 15 is 0 Å². The number of nitriles is 1. The van der Waals surface area contributed by atoms with Crippen molar-refractivity contribution < 1.29 is 19.4 Å². The molecule has 0 aliphatic rings. The maximum absolute atomic E-state index is 12.3. The zero-order valence-corrected chi connectivity index (χ0v) is 18.0. The molecule has 0 atom stereocenters. The Kier molecular flexibility index (Phi) is 7.65. The van der Waals surface area contributed by atoms with Crippen molar-refractivity contribution in [1.29, 1.82) is 5.26 Å². The fraction of sp³-hybridized carbons (Fsp3) is 0.0556. The number of ether oxygens (including phenoxy) is 1. The molecule has 2 aromatic carbocycles. The van der Waals surface area contributed by atoms with Gasteiger partial charge in [-0.25, -0.2) is 4.79 Å². The summed E-state index contributed by atoms with van der Waals surface area (Å²) in [5.41, 5.74) is 1.00. The predicted molar refractivity (Wildman–Crippen MR) is 114 cm³/mol. The fourth-order valence-electron chi connectivity index (χ4n) is 1.98. The lowest BCUT2D eigenvalue weighted by atomic mass is 10.1. The Morgan fingerprint density at radius 2 is 2.00 bits per heavy atom. The lowest BCUT2D eigenvalue weighted by Crippen LogP contribution is -2.13. The molecule has 0 heterocycles. The molecular weight excluding hydrogens is 550 g/mol. The van der Waals surface area contributed by atoms with Gasteiger partial charge in [-0.05, 0) is 86.6 Å². The number of benzene rings is 2. The summed E-state index contributed by atoms with van der Waals surface area (Å²) in [6.45, 7) is -0.475. The number of halogens is 3. The first-order valence-corrected chi connectivity index (χ1v) is 9.57. The first kappa shape index (κ1) is 21.2. The summed E-state index contributed by atoms with van der Waals surface area (Å²) in [7, 11) is 0. The van der Waals surface area contributed by atoms with Crippen molar-refractivity contribution >= 4 is 73.8 Å². The second-order valence-electron chi connectivity index (χ2n) is 5.13. The van der Waals surface area contributed by atoms with Gasteiger partial charge in [-0.2, -0.15) is 5.26 Å². The molecule has 0 fully saturated rings. The molecule has 0 aliphatic heterocycles. The second kappa shape index (κ2) is 9.73. The van der Waals surface area contributed by atoms with Crippen molar-refractivity contribution in [3.05, 3.63) is 60.6 Å². The number of nitrogens with zero attached hydrogens (tertiary/aromatic N) is 1. The van der Waals surface area contributed by atoms with E-state index in [4.69, 9.17) is 21.4 Å². The first-order chi connectivity index (χ1) is 12.8. The molecule has 0 unspecified atom stereocenters. The van der Waals surface area contributed by atoms with Crippen molar-refractivity contribution in [2.75, 3.05) is 11.9 Å². The van der Waals surface area contributed by atoms with Gasteiger partial charge in [0, 0.05) is 10.7 Å². The van der Waals surface area contributed by atoms with E-state index in [1.807, 2.05) is 28.7 Å². The number of hydrogen-bond acceptors (Lipinski definition) is 4. The molecule has 0 saturated carbocycles. The van der Waals surface area contributed by atoms with Crippen LogP contribution in [0.1, 0.15) is 5.56 Å². The van der Waals surface area contributed by atoms with Gasteiger partial charge in [0.1, 0.15) is 17.4 Å². The summed E-state index contributed by atoms with van der Waals surface area (Å²) in [6.07, 6.45) is 1.43. The number of carboxylic acid groups (broad SMARTS) is 1. The van der Waals surface area contributed by atoms with Crippen LogP contribution < -0.4 is 10.1 Å². The van der Waals surface area contributed by atoms with Crippen molar-refractivity contribution in [1.82, 2.24) is 0 Å². The average molecular weight is 562 g/mol. The summed E-state index contributed by atoms with van der Waals surface area (Å²) in [5, 5.41) is 21.2.